The molecule has 2 rings (SSSR count). The second-order valence-corrected chi connectivity index (χ2v) is 4.13. The summed E-state index contributed by atoms with van der Waals surface area (Å²) in [7, 11) is 0. The van der Waals surface area contributed by atoms with Gasteiger partial charge >= 0.3 is 0 Å². The predicted octanol–water partition coefficient (Wildman–Crippen LogP) is 0.784. The zero-order valence-corrected chi connectivity index (χ0v) is 8.79. The van der Waals surface area contributed by atoms with E-state index in [-0.39, 0.29) is 17.9 Å². The minimum Gasteiger partial charge on any atom is -0.327 e. The zero-order valence-electron chi connectivity index (χ0n) is 8.79. The lowest BCUT2D eigenvalue weighted by Gasteiger charge is -2.13. The number of nitrogens with one attached hydrogen (secondary N) is 2. The zero-order chi connectivity index (χ0) is 10.8. The van der Waals surface area contributed by atoms with Crippen LogP contribution in [-0.2, 0) is 4.79 Å². The summed E-state index contributed by atoms with van der Waals surface area (Å²) in [5.74, 6) is 0.519. The Kier molecular flexibility index (Phi) is 2.73. The molecule has 2 atom stereocenters. The molecule has 0 aromatic carbocycles. The lowest BCUT2D eigenvalue weighted by Crippen LogP contribution is -2.34. The Hall–Kier alpha value is -1.36. The van der Waals surface area contributed by atoms with E-state index in [1.165, 1.54) is 0 Å². The summed E-state index contributed by atoms with van der Waals surface area (Å²) in [4.78, 5) is 11.8. The third-order valence-electron chi connectivity index (χ3n) is 2.86. The van der Waals surface area contributed by atoms with Crippen LogP contribution < -0.4 is 11.1 Å². The number of H-pyrrole nitrogens is 1. The Balaban J connectivity index is 1.97. The number of carbonyl (C=O) groups is 1. The lowest BCUT2D eigenvalue weighted by atomic mass is 10.0. The Labute approximate surface area is 88.4 Å². The average Bonchev–Trinajstić information content (AvgIpc) is 2.75. The van der Waals surface area contributed by atoms with Crippen LogP contribution in [-0.4, -0.2) is 22.1 Å². The maximum absolute atomic E-state index is 11.8. The van der Waals surface area contributed by atoms with Crippen LogP contribution in [0.25, 0.3) is 0 Å². The van der Waals surface area contributed by atoms with E-state index in [1.54, 1.807) is 6.07 Å². The van der Waals surface area contributed by atoms with Gasteiger partial charge in [-0.05, 0) is 19.8 Å². The van der Waals surface area contributed by atoms with Crippen LogP contribution in [0.3, 0.4) is 0 Å². The van der Waals surface area contributed by atoms with Gasteiger partial charge in [0.2, 0.25) is 5.91 Å². The summed E-state index contributed by atoms with van der Waals surface area (Å²) >= 11 is 0. The SMILES string of the molecule is Cc1cc(NC(=O)C2CCCC2N)n[nH]1. The number of aromatic amines is 1. The van der Waals surface area contributed by atoms with Crippen molar-refractivity contribution in [1.82, 2.24) is 10.2 Å². The van der Waals surface area contributed by atoms with Gasteiger partial charge in [0.25, 0.3) is 0 Å². The molecule has 1 aliphatic rings. The molecule has 15 heavy (non-hydrogen) atoms. The van der Waals surface area contributed by atoms with Crippen molar-refractivity contribution in [2.45, 2.75) is 32.2 Å². The van der Waals surface area contributed by atoms with E-state index in [0.29, 0.717) is 5.82 Å². The summed E-state index contributed by atoms with van der Waals surface area (Å²) in [6.45, 7) is 1.89. The monoisotopic (exact) mass is 208 g/mol. The van der Waals surface area contributed by atoms with Crippen molar-refractivity contribution >= 4 is 11.7 Å². The van der Waals surface area contributed by atoms with Gasteiger partial charge in [-0.3, -0.25) is 9.89 Å². The van der Waals surface area contributed by atoms with Crippen LogP contribution in [0.5, 0.6) is 0 Å². The Morgan fingerprint density at radius 3 is 3.00 bits per heavy atom. The summed E-state index contributed by atoms with van der Waals surface area (Å²) in [6.07, 6.45) is 2.87. The normalized spacial score (nSPS) is 25.5. The van der Waals surface area contributed by atoms with Gasteiger partial charge in [0.1, 0.15) is 0 Å². The maximum Gasteiger partial charge on any atom is 0.230 e. The molecule has 1 aromatic rings. The molecule has 1 aromatic heterocycles. The second-order valence-electron chi connectivity index (χ2n) is 4.13. The molecule has 1 saturated carbocycles. The molecule has 1 amide bonds. The van der Waals surface area contributed by atoms with Gasteiger partial charge in [-0.15, -0.1) is 0 Å². The van der Waals surface area contributed by atoms with Gasteiger partial charge in [0, 0.05) is 17.8 Å². The van der Waals surface area contributed by atoms with E-state index in [4.69, 9.17) is 5.73 Å². The number of nitrogens with two attached hydrogens (primary N) is 1. The molecule has 5 heteroatoms. The highest BCUT2D eigenvalue weighted by atomic mass is 16.2. The van der Waals surface area contributed by atoms with E-state index in [1.807, 2.05) is 6.92 Å². The van der Waals surface area contributed by atoms with Crippen molar-refractivity contribution < 1.29 is 4.79 Å². The quantitative estimate of drug-likeness (QED) is 0.671. The first-order valence-corrected chi connectivity index (χ1v) is 5.25. The first-order valence-electron chi connectivity index (χ1n) is 5.25. The third kappa shape index (κ3) is 2.18. The summed E-state index contributed by atoms with van der Waals surface area (Å²) in [6, 6.07) is 1.81. The predicted molar refractivity (Wildman–Crippen MR) is 57.3 cm³/mol. The van der Waals surface area contributed by atoms with Gasteiger partial charge in [0.15, 0.2) is 5.82 Å². The second kappa shape index (κ2) is 4.02. The van der Waals surface area contributed by atoms with Gasteiger partial charge in [-0.25, -0.2) is 0 Å². The molecule has 1 heterocycles. The van der Waals surface area contributed by atoms with Crippen LogP contribution in [0.1, 0.15) is 25.0 Å². The molecular formula is C10H16N4O. The van der Waals surface area contributed by atoms with Gasteiger partial charge < -0.3 is 11.1 Å². The smallest absolute Gasteiger partial charge is 0.230 e. The van der Waals surface area contributed by atoms with Gasteiger partial charge in [0.05, 0.1) is 5.92 Å². The summed E-state index contributed by atoms with van der Waals surface area (Å²) < 4.78 is 0. The molecule has 0 aliphatic heterocycles. The highest BCUT2D eigenvalue weighted by Crippen LogP contribution is 2.25. The fraction of sp³-hybridized carbons (Fsp3) is 0.600. The number of nitrogens with zero attached hydrogens (tertiary/aromatic N) is 1. The van der Waals surface area contributed by atoms with Crippen molar-refractivity contribution in [2.24, 2.45) is 11.7 Å². The molecule has 0 radical (unpaired) electrons. The molecule has 1 fully saturated rings. The Morgan fingerprint density at radius 2 is 2.47 bits per heavy atom. The highest BCUT2D eigenvalue weighted by Gasteiger charge is 2.30. The maximum atomic E-state index is 11.8. The fourth-order valence-corrected chi connectivity index (χ4v) is 2.02. The number of carbonyl (C=O) groups excluding carboxylic acids is 1. The lowest BCUT2D eigenvalue weighted by molar-refractivity contribution is -0.120. The third-order valence-corrected chi connectivity index (χ3v) is 2.86. The molecule has 0 saturated heterocycles. The van der Waals surface area contributed by atoms with Crippen molar-refractivity contribution in [3.8, 4) is 0 Å². The fourth-order valence-electron chi connectivity index (χ4n) is 2.02. The van der Waals surface area contributed by atoms with E-state index in [9.17, 15) is 4.79 Å². The molecule has 0 spiro atoms. The van der Waals surface area contributed by atoms with Crippen LogP contribution >= 0.6 is 0 Å². The molecular weight excluding hydrogens is 192 g/mol. The molecule has 0 bridgehead atoms. The van der Waals surface area contributed by atoms with Crippen molar-refractivity contribution in [2.75, 3.05) is 5.32 Å². The van der Waals surface area contributed by atoms with Gasteiger partial charge in [-0.1, -0.05) is 6.42 Å². The highest BCUT2D eigenvalue weighted by molar-refractivity contribution is 5.92. The Bertz CT molecular complexity index is 360. The minimum absolute atomic E-state index is 0.00467. The first kappa shape index (κ1) is 10.2. The number of anilines is 1. The van der Waals surface area contributed by atoms with Crippen molar-refractivity contribution in [1.29, 1.82) is 0 Å². The molecule has 1 aliphatic carbocycles. The van der Waals surface area contributed by atoms with E-state index < -0.39 is 0 Å². The van der Waals surface area contributed by atoms with Crippen LogP contribution in [0.2, 0.25) is 0 Å². The molecule has 2 unspecified atom stereocenters. The summed E-state index contributed by atoms with van der Waals surface area (Å²) in [5.41, 5.74) is 6.78. The number of amides is 1. The Morgan fingerprint density at radius 1 is 1.67 bits per heavy atom. The van der Waals surface area contributed by atoms with Crippen molar-refractivity contribution in [3.63, 3.8) is 0 Å². The van der Waals surface area contributed by atoms with E-state index in [2.05, 4.69) is 15.5 Å². The van der Waals surface area contributed by atoms with Gasteiger partial charge in [-0.2, -0.15) is 5.10 Å². The van der Waals surface area contributed by atoms with Crippen molar-refractivity contribution in [3.05, 3.63) is 11.8 Å². The number of aryl methyl sites for hydroxylation is 1. The molecule has 4 N–H and O–H groups in total. The van der Waals surface area contributed by atoms with Crippen LogP contribution in [0, 0.1) is 12.8 Å². The van der Waals surface area contributed by atoms with Crippen LogP contribution in [0.4, 0.5) is 5.82 Å². The number of aromatic nitrogens is 2. The standard InChI is InChI=1S/C10H16N4O/c1-6-5-9(14-13-6)12-10(15)7-3-2-4-8(7)11/h5,7-8H,2-4,11H2,1H3,(H2,12,13,14,15). The number of hydrogen-bond acceptors (Lipinski definition) is 3. The minimum atomic E-state index is -0.0537. The first-order chi connectivity index (χ1) is 7.16. The number of hydrogen-bond donors (Lipinski definition) is 3. The van der Waals surface area contributed by atoms with E-state index >= 15 is 0 Å². The number of rotatable bonds is 2. The average molecular weight is 208 g/mol. The molecule has 5 nitrogen and oxygen atoms in total. The largest absolute Gasteiger partial charge is 0.327 e. The van der Waals surface area contributed by atoms with Crippen LogP contribution in [0.15, 0.2) is 6.07 Å². The van der Waals surface area contributed by atoms with E-state index in [0.717, 1.165) is 25.0 Å². The molecule has 82 valence electrons. The topological polar surface area (TPSA) is 83.8 Å². The summed E-state index contributed by atoms with van der Waals surface area (Å²) in [5, 5.41) is 9.51.